The van der Waals surface area contributed by atoms with Crippen LogP contribution in [0.15, 0.2) is 24.3 Å². The largest absolute Gasteiger partial charge is 0.316 e. The molecule has 0 bridgehead atoms. The lowest BCUT2D eigenvalue weighted by Crippen LogP contribution is -2.45. The number of halogens is 3. The van der Waals surface area contributed by atoms with Crippen molar-refractivity contribution in [2.45, 2.75) is 31.9 Å². The van der Waals surface area contributed by atoms with Crippen molar-refractivity contribution in [3.05, 3.63) is 34.9 Å². The third kappa shape index (κ3) is 3.94. The second-order valence-corrected chi connectivity index (χ2v) is 7.42. The Morgan fingerprint density at radius 1 is 1.18 bits per heavy atom. The summed E-state index contributed by atoms with van der Waals surface area (Å²) in [5.74, 6) is 0. The topological polar surface area (TPSA) is 15.3 Å². The first-order valence-electron chi connectivity index (χ1n) is 7.87. The Morgan fingerprint density at radius 2 is 1.82 bits per heavy atom. The molecule has 0 aliphatic carbocycles. The summed E-state index contributed by atoms with van der Waals surface area (Å²) in [4.78, 5) is 2.43. The van der Waals surface area contributed by atoms with Crippen molar-refractivity contribution in [3.8, 4) is 0 Å². The molecule has 2 heterocycles. The molecule has 1 aromatic carbocycles. The van der Waals surface area contributed by atoms with E-state index in [1.165, 1.54) is 6.42 Å². The Labute approximate surface area is 143 Å². The predicted molar refractivity (Wildman–Crippen MR) is 92.8 cm³/mol. The summed E-state index contributed by atoms with van der Waals surface area (Å²) >= 11 is 5.89. The fourth-order valence-corrected chi connectivity index (χ4v) is 3.77. The van der Waals surface area contributed by atoms with Crippen LogP contribution in [0.25, 0.3) is 0 Å². The number of hydrogen-bond acceptors (Lipinski definition) is 2. The molecule has 2 aliphatic rings. The number of alkyl halides is 1. The van der Waals surface area contributed by atoms with Crippen molar-refractivity contribution >= 4 is 24.0 Å². The summed E-state index contributed by atoms with van der Waals surface area (Å²) in [6.45, 7) is 7.30. The van der Waals surface area contributed by atoms with Crippen molar-refractivity contribution in [3.63, 3.8) is 0 Å². The molecule has 22 heavy (non-hydrogen) atoms. The average Bonchev–Trinajstić information content (AvgIpc) is 2.89. The minimum atomic E-state index is -1.18. The van der Waals surface area contributed by atoms with E-state index in [0.29, 0.717) is 23.3 Å². The standard InChI is InChI=1S/C17H24ClFN2.ClH/c1-16(6-9-20-12-16)13-21-10-7-17(19,8-11-21)14-2-4-15(18)5-3-14;/h2-5,20H,6-13H2,1H3;1H. The lowest BCUT2D eigenvalue weighted by Gasteiger charge is -2.40. The molecule has 3 rings (SSSR count). The van der Waals surface area contributed by atoms with Crippen molar-refractivity contribution in [1.82, 2.24) is 10.2 Å². The van der Waals surface area contributed by atoms with Crippen LogP contribution in [0, 0.1) is 5.41 Å². The molecule has 0 amide bonds. The molecule has 2 aliphatic heterocycles. The van der Waals surface area contributed by atoms with Gasteiger partial charge in [0.15, 0.2) is 0 Å². The van der Waals surface area contributed by atoms with Crippen LogP contribution >= 0.6 is 24.0 Å². The molecule has 2 fully saturated rings. The highest BCUT2D eigenvalue weighted by atomic mass is 35.5. The fourth-order valence-electron chi connectivity index (χ4n) is 3.65. The Hall–Kier alpha value is -0.350. The zero-order valence-corrected chi connectivity index (χ0v) is 14.7. The van der Waals surface area contributed by atoms with E-state index in [4.69, 9.17) is 11.6 Å². The van der Waals surface area contributed by atoms with E-state index in [2.05, 4.69) is 17.1 Å². The highest BCUT2D eigenvalue weighted by Crippen LogP contribution is 2.38. The Balaban J connectivity index is 0.00000176. The van der Waals surface area contributed by atoms with E-state index in [-0.39, 0.29) is 12.4 Å². The Kier molecular flexibility index (Phi) is 5.76. The average molecular weight is 347 g/mol. The van der Waals surface area contributed by atoms with E-state index < -0.39 is 5.67 Å². The van der Waals surface area contributed by atoms with Gasteiger partial charge in [0, 0.05) is 31.2 Å². The van der Waals surface area contributed by atoms with E-state index in [0.717, 1.165) is 38.3 Å². The van der Waals surface area contributed by atoms with Gasteiger partial charge < -0.3 is 10.2 Å². The van der Waals surface area contributed by atoms with Crippen molar-refractivity contribution < 1.29 is 4.39 Å². The maximum absolute atomic E-state index is 15.1. The molecule has 1 unspecified atom stereocenters. The second-order valence-electron chi connectivity index (χ2n) is 6.99. The summed E-state index contributed by atoms with van der Waals surface area (Å²) in [6, 6.07) is 7.24. The molecule has 5 heteroatoms. The highest BCUT2D eigenvalue weighted by Gasteiger charge is 2.38. The van der Waals surface area contributed by atoms with Gasteiger partial charge in [0.2, 0.25) is 0 Å². The van der Waals surface area contributed by atoms with Crippen LogP contribution in [0.3, 0.4) is 0 Å². The second kappa shape index (κ2) is 7.04. The molecule has 2 saturated heterocycles. The van der Waals surface area contributed by atoms with Crippen LogP contribution in [0.1, 0.15) is 31.7 Å². The van der Waals surface area contributed by atoms with Crippen molar-refractivity contribution in [1.29, 1.82) is 0 Å². The molecule has 0 spiro atoms. The first kappa shape index (κ1) is 18.0. The van der Waals surface area contributed by atoms with Gasteiger partial charge in [0.05, 0.1) is 0 Å². The molecular formula is C17H25Cl2FN2. The van der Waals surface area contributed by atoms with Gasteiger partial charge >= 0.3 is 0 Å². The summed E-state index contributed by atoms with van der Waals surface area (Å²) in [7, 11) is 0. The van der Waals surface area contributed by atoms with Gasteiger partial charge in [-0.15, -0.1) is 12.4 Å². The molecule has 1 aromatic rings. The molecular weight excluding hydrogens is 322 g/mol. The SMILES string of the molecule is CC1(CN2CCC(F)(c3ccc(Cl)cc3)CC2)CCNC1.Cl. The summed E-state index contributed by atoms with van der Waals surface area (Å²) in [5, 5.41) is 4.10. The van der Waals surface area contributed by atoms with Crippen molar-refractivity contribution in [2.24, 2.45) is 5.41 Å². The number of hydrogen-bond donors (Lipinski definition) is 1. The van der Waals surface area contributed by atoms with E-state index in [9.17, 15) is 0 Å². The number of benzene rings is 1. The van der Waals surface area contributed by atoms with Crippen molar-refractivity contribution in [2.75, 3.05) is 32.7 Å². The summed E-state index contributed by atoms with van der Waals surface area (Å²) < 4.78 is 15.1. The molecule has 124 valence electrons. The zero-order chi connectivity index (χ0) is 14.9. The maximum Gasteiger partial charge on any atom is 0.138 e. The monoisotopic (exact) mass is 346 g/mol. The number of likely N-dealkylation sites (tertiary alicyclic amines) is 1. The molecule has 1 N–H and O–H groups in total. The number of piperidine rings is 1. The minimum Gasteiger partial charge on any atom is -0.316 e. The van der Waals surface area contributed by atoms with Gasteiger partial charge in [-0.05, 0) is 48.9 Å². The van der Waals surface area contributed by atoms with Crippen LogP contribution < -0.4 is 5.32 Å². The normalized spacial score (nSPS) is 28.3. The number of nitrogens with one attached hydrogen (secondary N) is 1. The van der Waals surface area contributed by atoms with Gasteiger partial charge in [-0.2, -0.15) is 0 Å². The number of nitrogens with zero attached hydrogens (tertiary/aromatic N) is 1. The van der Waals surface area contributed by atoms with Crippen LogP contribution in [0.5, 0.6) is 0 Å². The first-order chi connectivity index (χ1) is 9.99. The molecule has 2 nitrogen and oxygen atoms in total. The zero-order valence-electron chi connectivity index (χ0n) is 13.1. The molecule has 0 radical (unpaired) electrons. The molecule has 0 saturated carbocycles. The van der Waals surface area contributed by atoms with Crippen LogP contribution in [0.4, 0.5) is 4.39 Å². The van der Waals surface area contributed by atoms with Gasteiger partial charge in [-0.3, -0.25) is 0 Å². The Morgan fingerprint density at radius 3 is 2.36 bits per heavy atom. The van der Waals surface area contributed by atoms with Gasteiger partial charge in [-0.25, -0.2) is 4.39 Å². The lowest BCUT2D eigenvalue weighted by atomic mass is 9.84. The van der Waals surface area contributed by atoms with Gasteiger partial charge in [0.1, 0.15) is 5.67 Å². The molecule has 1 atom stereocenters. The van der Waals surface area contributed by atoms with Crippen LogP contribution in [0.2, 0.25) is 5.02 Å². The Bertz CT molecular complexity index is 478. The summed E-state index contributed by atoms with van der Waals surface area (Å²) in [6.07, 6.45) is 2.39. The fraction of sp³-hybridized carbons (Fsp3) is 0.647. The number of rotatable bonds is 3. The van der Waals surface area contributed by atoms with E-state index in [1.807, 2.05) is 12.1 Å². The smallest absolute Gasteiger partial charge is 0.138 e. The highest BCUT2D eigenvalue weighted by molar-refractivity contribution is 6.30. The van der Waals surface area contributed by atoms with Gasteiger partial charge in [-0.1, -0.05) is 30.7 Å². The summed E-state index contributed by atoms with van der Waals surface area (Å²) in [5.41, 5.74) is -0.0488. The van der Waals surface area contributed by atoms with Crippen LogP contribution in [-0.2, 0) is 5.67 Å². The molecule has 0 aromatic heterocycles. The first-order valence-corrected chi connectivity index (χ1v) is 8.25. The third-order valence-electron chi connectivity index (χ3n) is 5.07. The quantitative estimate of drug-likeness (QED) is 0.888. The maximum atomic E-state index is 15.1. The third-order valence-corrected chi connectivity index (χ3v) is 5.32. The minimum absolute atomic E-state index is 0. The van der Waals surface area contributed by atoms with E-state index in [1.54, 1.807) is 12.1 Å². The van der Waals surface area contributed by atoms with Crippen LogP contribution in [-0.4, -0.2) is 37.6 Å². The van der Waals surface area contributed by atoms with E-state index >= 15 is 4.39 Å². The predicted octanol–water partition coefficient (Wildman–Crippen LogP) is 4.02. The lowest BCUT2D eigenvalue weighted by molar-refractivity contribution is 0.0393. The van der Waals surface area contributed by atoms with Gasteiger partial charge in [0.25, 0.3) is 0 Å².